The maximum Gasteiger partial charge on any atom is 0.258 e. The Hall–Kier alpha value is -2.27. The smallest absolute Gasteiger partial charge is 0.258 e. The van der Waals surface area contributed by atoms with E-state index in [0.29, 0.717) is 37.6 Å². The second kappa shape index (κ2) is 6.01. The Balaban J connectivity index is 1.77. The molecule has 0 aliphatic carbocycles. The second-order valence-corrected chi connectivity index (χ2v) is 4.97. The Morgan fingerprint density at radius 3 is 2.86 bits per heavy atom. The molecule has 0 fully saturated rings. The van der Waals surface area contributed by atoms with Crippen LogP contribution in [0.2, 0.25) is 0 Å². The number of fused-ring (bicyclic) bond motifs is 1. The Labute approximate surface area is 123 Å². The molecule has 1 aromatic carbocycles. The Morgan fingerprint density at radius 2 is 2.00 bits per heavy atom. The highest BCUT2D eigenvalue weighted by molar-refractivity contribution is 5.97. The van der Waals surface area contributed by atoms with Gasteiger partial charge in [0.15, 0.2) is 0 Å². The van der Waals surface area contributed by atoms with Crippen LogP contribution in [0.5, 0.6) is 5.75 Å². The van der Waals surface area contributed by atoms with Crippen molar-refractivity contribution in [2.75, 3.05) is 20.2 Å². The molecule has 2 heterocycles. The number of hydrogen-bond donors (Lipinski definition) is 1. The number of para-hydroxylation sites is 1. The van der Waals surface area contributed by atoms with E-state index in [-0.39, 0.29) is 5.91 Å². The Morgan fingerprint density at radius 1 is 1.19 bits per heavy atom. The van der Waals surface area contributed by atoms with Crippen LogP contribution in [0, 0.1) is 0 Å². The van der Waals surface area contributed by atoms with Gasteiger partial charge in [-0.1, -0.05) is 12.1 Å². The highest BCUT2D eigenvalue weighted by Gasteiger charge is 2.23. The van der Waals surface area contributed by atoms with E-state index in [2.05, 4.69) is 5.32 Å². The molecule has 1 aromatic heterocycles. The van der Waals surface area contributed by atoms with E-state index in [1.165, 1.54) is 0 Å². The molecule has 2 aromatic rings. The summed E-state index contributed by atoms with van der Waals surface area (Å²) < 4.78 is 11.3. The monoisotopic (exact) mass is 286 g/mol. The summed E-state index contributed by atoms with van der Waals surface area (Å²) in [6.07, 6.45) is 0. The molecule has 0 saturated carbocycles. The number of carbonyl (C=O) groups excluding carboxylic acids is 1. The van der Waals surface area contributed by atoms with Crippen molar-refractivity contribution in [3.8, 4) is 5.75 Å². The first kappa shape index (κ1) is 13.7. The average Bonchev–Trinajstić information content (AvgIpc) is 2.87. The third-order valence-electron chi connectivity index (χ3n) is 3.44. The first-order valence-electron chi connectivity index (χ1n) is 7.01. The van der Waals surface area contributed by atoms with Gasteiger partial charge in [0.05, 0.1) is 25.2 Å². The van der Waals surface area contributed by atoms with Crippen LogP contribution in [0.4, 0.5) is 0 Å². The number of nitrogens with zero attached hydrogens (tertiary/aromatic N) is 1. The summed E-state index contributed by atoms with van der Waals surface area (Å²) in [4.78, 5) is 14.3. The second-order valence-electron chi connectivity index (χ2n) is 4.97. The normalized spacial score (nSPS) is 14.5. The van der Waals surface area contributed by atoms with E-state index in [0.717, 1.165) is 11.5 Å². The molecule has 0 radical (unpaired) electrons. The number of nitrogens with one attached hydrogen (secondary N) is 1. The van der Waals surface area contributed by atoms with Crippen LogP contribution in [0.15, 0.2) is 40.8 Å². The molecule has 110 valence electrons. The first-order chi connectivity index (χ1) is 10.3. The fraction of sp³-hybridized carbons (Fsp3) is 0.312. The standard InChI is InChI=1S/C16H18N2O3/c1-17-10-12-6-7-13(21-12)11-18-8-9-20-15-5-3-2-4-14(15)16(18)19/h2-7,17H,8-11H2,1H3. The van der Waals surface area contributed by atoms with Crippen LogP contribution < -0.4 is 10.1 Å². The molecule has 1 aliphatic rings. The van der Waals surface area contributed by atoms with Crippen LogP contribution in [0.1, 0.15) is 21.9 Å². The van der Waals surface area contributed by atoms with Crippen molar-refractivity contribution in [2.45, 2.75) is 13.1 Å². The summed E-state index contributed by atoms with van der Waals surface area (Å²) in [5.74, 6) is 2.29. The zero-order valence-corrected chi connectivity index (χ0v) is 12.0. The highest BCUT2D eigenvalue weighted by Crippen LogP contribution is 2.23. The van der Waals surface area contributed by atoms with Gasteiger partial charge in [0.2, 0.25) is 0 Å². The summed E-state index contributed by atoms with van der Waals surface area (Å²) in [6, 6.07) is 11.2. The fourth-order valence-electron chi connectivity index (χ4n) is 2.42. The molecule has 0 bridgehead atoms. The molecule has 0 unspecified atom stereocenters. The van der Waals surface area contributed by atoms with Gasteiger partial charge >= 0.3 is 0 Å². The van der Waals surface area contributed by atoms with Gasteiger partial charge in [-0.15, -0.1) is 0 Å². The number of carbonyl (C=O) groups is 1. The largest absolute Gasteiger partial charge is 0.491 e. The highest BCUT2D eigenvalue weighted by atomic mass is 16.5. The minimum absolute atomic E-state index is 0.0188. The number of furan rings is 1. The van der Waals surface area contributed by atoms with Crippen molar-refractivity contribution in [3.05, 3.63) is 53.5 Å². The fourth-order valence-corrected chi connectivity index (χ4v) is 2.42. The van der Waals surface area contributed by atoms with Crippen LogP contribution >= 0.6 is 0 Å². The van der Waals surface area contributed by atoms with Crippen LogP contribution in [0.25, 0.3) is 0 Å². The summed E-state index contributed by atoms with van der Waals surface area (Å²) >= 11 is 0. The van der Waals surface area contributed by atoms with Crippen molar-refractivity contribution < 1.29 is 13.9 Å². The van der Waals surface area contributed by atoms with Gasteiger partial charge in [0.1, 0.15) is 23.9 Å². The van der Waals surface area contributed by atoms with Crippen molar-refractivity contribution in [1.29, 1.82) is 0 Å². The van der Waals surface area contributed by atoms with Gasteiger partial charge in [-0.25, -0.2) is 0 Å². The van der Waals surface area contributed by atoms with Gasteiger partial charge in [-0.05, 0) is 31.3 Å². The average molecular weight is 286 g/mol. The number of benzene rings is 1. The third kappa shape index (κ3) is 2.92. The molecular weight excluding hydrogens is 268 g/mol. The minimum atomic E-state index is -0.0188. The van der Waals surface area contributed by atoms with Crippen LogP contribution in [-0.2, 0) is 13.1 Å². The van der Waals surface area contributed by atoms with E-state index in [1.807, 2.05) is 37.4 Å². The quantitative estimate of drug-likeness (QED) is 0.934. The molecule has 3 rings (SSSR count). The van der Waals surface area contributed by atoms with Crippen molar-refractivity contribution in [1.82, 2.24) is 10.2 Å². The lowest BCUT2D eigenvalue weighted by Gasteiger charge is -2.18. The van der Waals surface area contributed by atoms with Gasteiger partial charge in [0.25, 0.3) is 5.91 Å². The van der Waals surface area contributed by atoms with Crippen molar-refractivity contribution in [3.63, 3.8) is 0 Å². The molecule has 5 heteroatoms. The van der Waals surface area contributed by atoms with Gasteiger partial charge in [-0.2, -0.15) is 0 Å². The van der Waals surface area contributed by atoms with Crippen molar-refractivity contribution >= 4 is 5.91 Å². The van der Waals surface area contributed by atoms with E-state index >= 15 is 0 Å². The summed E-state index contributed by atoms with van der Waals surface area (Å²) in [5, 5.41) is 3.04. The predicted octanol–water partition coefficient (Wildman–Crippen LogP) is 2.03. The molecule has 21 heavy (non-hydrogen) atoms. The van der Waals surface area contributed by atoms with Gasteiger partial charge < -0.3 is 19.4 Å². The molecule has 0 saturated heterocycles. The van der Waals surface area contributed by atoms with Gasteiger partial charge in [-0.3, -0.25) is 4.79 Å². The lowest BCUT2D eigenvalue weighted by molar-refractivity contribution is 0.0730. The zero-order valence-electron chi connectivity index (χ0n) is 12.0. The summed E-state index contributed by atoms with van der Waals surface area (Å²) in [7, 11) is 1.87. The number of ether oxygens (including phenoxy) is 1. The van der Waals surface area contributed by atoms with Crippen LogP contribution in [0.3, 0.4) is 0 Å². The van der Waals surface area contributed by atoms with E-state index in [9.17, 15) is 4.79 Å². The lowest BCUT2D eigenvalue weighted by Crippen LogP contribution is -2.31. The molecule has 0 spiro atoms. The molecule has 0 atom stereocenters. The van der Waals surface area contributed by atoms with E-state index in [1.54, 1.807) is 11.0 Å². The van der Waals surface area contributed by atoms with E-state index < -0.39 is 0 Å². The Bertz CT molecular complexity index is 636. The molecular formula is C16H18N2O3. The molecule has 1 amide bonds. The topological polar surface area (TPSA) is 54.7 Å². The van der Waals surface area contributed by atoms with E-state index in [4.69, 9.17) is 9.15 Å². The molecule has 5 nitrogen and oxygen atoms in total. The van der Waals surface area contributed by atoms with Crippen LogP contribution in [-0.4, -0.2) is 31.0 Å². The maximum absolute atomic E-state index is 12.6. The summed E-state index contributed by atoms with van der Waals surface area (Å²) in [6.45, 7) is 2.18. The zero-order chi connectivity index (χ0) is 14.7. The van der Waals surface area contributed by atoms with Crippen molar-refractivity contribution in [2.24, 2.45) is 0 Å². The first-order valence-corrected chi connectivity index (χ1v) is 7.01. The summed E-state index contributed by atoms with van der Waals surface area (Å²) in [5.41, 5.74) is 0.608. The van der Waals surface area contributed by atoms with Gasteiger partial charge in [0, 0.05) is 0 Å². The number of amides is 1. The predicted molar refractivity (Wildman–Crippen MR) is 78.1 cm³/mol. The molecule has 1 aliphatic heterocycles. The minimum Gasteiger partial charge on any atom is -0.491 e. The maximum atomic E-state index is 12.6. The Kier molecular flexibility index (Phi) is 3.92. The number of rotatable bonds is 4. The lowest BCUT2D eigenvalue weighted by atomic mass is 10.2. The SMILES string of the molecule is CNCc1ccc(CN2CCOc3ccccc3C2=O)o1. The molecule has 1 N–H and O–H groups in total. The number of hydrogen-bond acceptors (Lipinski definition) is 4. The third-order valence-corrected chi connectivity index (χ3v) is 3.44.